The molecule has 1 aliphatic heterocycles. The van der Waals surface area contributed by atoms with Gasteiger partial charge in [0.25, 0.3) is 5.91 Å². The van der Waals surface area contributed by atoms with Crippen LogP contribution in [0.4, 0.5) is 10.1 Å². The zero-order valence-electron chi connectivity index (χ0n) is 14.9. The number of hydrogen-bond acceptors (Lipinski definition) is 4. The molecule has 3 aromatic rings. The fourth-order valence-corrected chi connectivity index (χ4v) is 3.89. The maximum absolute atomic E-state index is 13.2. The summed E-state index contributed by atoms with van der Waals surface area (Å²) in [5.74, 6) is 0.382. The van der Waals surface area contributed by atoms with E-state index in [0.29, 0.717) is 29.3 Å². The van der Waals surface area contributed by atoms with E-state index in [2.05, 4.69) is 5.32 Å². The van der Waals surface area contributed by atoms with E-state index in [0.717, 1.165) is 10.5 Å². The Balaban J connectivity index is 1.56. The topological polar surface area (TPSA) is 62.6 Å². The number of halogens is 1. The first kappa shape index (κ1) is 18.3. The number of amides is 2. The zero-order valence-corrected chi connectivity index (χ0v) is 15.7. The maximum atomic E-state index is 13.2. The molecule has 0 fully saturated rings. The summed E-state index contributed by atoms with van der Waals surface area (Å²) >= 11 is 1.45. The molecule has 4 rings (SSSR count). The molecule has 0 radical (unpaired) electrons. The Morgan fingerprint density at radius 3 is 2.75 bits per heavy atom. The Bertz CT molecular complexity index is 1000. The lowest BCUT2D eigenvalue weighted by Gasteiger charge is -2.29. The average molecular weight is 396 g/mol. The minimum absolute atomic E-state index is 0.0463. The van der Waals surface area contributed by atoms with Gasteiger partial charge in [-0.15, -0.1) is 11.8 Å². The van der Waals surface area contributed by atoms with Crippen molar-refractivity contribution in [3.8, 4) is 0 Å². The first-order valence-corrected chi connectivity index (χ1v) is 9.71. The summed E-state index contributed by atoms with van der Waals surface area (Å²) in [6, 6.07) is 14.9. The summed E-state index contributed by atoms with van der Waals surface area (Å²) < 4.78 is 18.4. The second-order valence-corrected chi connectivity index (χ2v) is 7.36. The van der Waals surface area contributed by atoms with Crippen LogP contribution < -0.4 is 10.2 Å². The molecule has 0 atom stereocenters. The molecule has 1 aromatic heterocycles. The van der Waals surface area contributed by atoms with Crippen LogP contribution in [0.25, 0.3) is 0 Å². The largest absolute Gasteiger partial charge is 0.467 e. The SMILES string of the molecule is O=C(NCc1ccco1)c1ccc2c(c1)N(Cc1ccc(F)cc1)C(=O)CS2. The summed E-state index contributed by atoms with van der Waals surface area (Å²) in [6.45, 7) is 0.611. The number of carbonyl (C=O) groups is 2. The van der Waals surface area contributed by atoms with Crippen LogP contribution in [0.3, 0.4) is 0 Å². The van der Waals surface area contributed by atoms with Gasteiger partial charge in [0.05, 0.1) is 30.8 Å². The molecular weight excluding hydrogens is 379 g/mol. The van der Waals surface area contributed by atoms with E-state index < -0.39 is 0 Å². The molecule has 7 heteroatoms. The molecule has 0 aliphatic carbocycles. The number of rotatable bonds is 5. The van der Waals surface area contributed by atoms with Crippen LogP contribution in [-0.4, -0.2) is 17.6 Å². The van der Waals surface area contributed by atoms with E-state index in [1.54, 1.807) is 47.6 Å². The predicted molar refractivity (Wildman–Crippen MR) is 105 cm³/mol. The lowest BCUT2D eigenvalue weighted by molar-refractivity contribution is -0.116. The molecule has 2 heterocycles. The highest BCUT2D eigenvalue weighted by atomic mass is 32.2. The van der Waals surface area contributed by atoms with Crippen LogP contribution in [0.2, 0.25) is 0 Å². The summed E-state index contributed by atoms with van der Waals surface area (Å²) in [6.07, 6.45) is 1.55. The molecule has 0 saturated carbocycles. The van der Waals surface area contributed by atoms with Crippen molar-refractivity contribution in [1.29, 1.82) is 0 Å². The van der Waals surface area contributed by atoms with Gasteiger partial charge >= 0.3 is 0 Å². The van der Waals surface area contributed by atoms with Crippen molar-refractivity contribution in [3.63, 3.8) is 0 Å². The van der Waals surface area contributed by atoms with Gasteiger partial charge in [-0.1, -0.05) is 12.1 Å². The van der Waals surface area contributed by atoms with Crippen molar-refractivity contribution in [2.75, 3.05) is 10.7 Å². The Morgan fingerprint density at radius 2 is 2.00 bits per heavy atom. The first-order chi connectivity index (χ1) is 13.6. The number of benzene rings is 2. The van der Waals surface area contributed by atoms with E-state index in [1.165, 1.54) is 23.9 Å². The summed E-state index contributed by atoms with van der Waals surface area (Å²) in [5, 5.41) is 2.81. The number of nitrogens with zero attached hydrogens (tertiary/aromatic N) is 1. The third kappa shape index (κ3) is 3.94. The Morgan fingerprint density at radius 1 is 1.18 bits per heavy atom. The van der Waals surface area contributed by atoms with Crippen LogP contribution in [0, 0.1) is 5.82 Å². The number of hydrogen-bond donors (Lipinski definition) is 1. The highest BCUT2D eigenvalue weighted by Crippen LogP contribution is 2.36. The molecule has 1 N–H and O–H groups in total. The number of anilines is 1. The fraction of sp³-hybridized carbons (Fsp3) is 0.143. The lowest BCUT2D eigenvalue weighted by atomic mass is 10.1. The predicted octanol–water partition coefficient (Wildman–Crippen LogP) is 3.99. The Labute approximate surface area is 165 Å². The van der Waals surface area contributed by atoms with Gasteiger partial charge in [0.15, 0.2) is 0 Å². The van der Waals surface area contributed by atoms with E-state index in [9.17, 15) is 14.0 Å². The average Bonchev–Trinajstić information content (AvgIpc) is 3.23. The van der Waals surface area contributed by atoms with Gasteiger partial charge in [0.2, 0.25) is 5.91 Å². The van der Waals surface area contributed by atoms with Crippen molar-refractivity contribution in [1.82, 2.24) is 5.32 Å². The minimum Gasteiger partial charge on any atom is -0.467 e. The van der Waals surface area contributed by atoms with Crippen molar-refractivity contribution in [3.05, 3.63) is 83.6 Å². The molecule has 28 heavy (non-hydrogen) atoms. The smallest absolute Gasteiger partial charge is 0.251 e. The van der Waals surface area contributed by atoms with Crippen LogP contribution in [0.15, 0.2) is 70.2 Å². The number of thioether (sulfide) groups is 1. The van der Waals surface area contributed by atoms with E-state index in [1.807, 2.05) is 6.07 Å². The lowest BCUT2D eigenvalue weighted by Crippen LogP contribution is -2.35. The molecule has 142 valence electrons. The maximum Gasteiger partial charge on any atom is 0.251 e. The number of carbonyl (C=O) groups excluding carboxylic acids is 2. The number of furan rings is 1. The molecule has 0 bridgehead atoms. The van der Waals surface area contributed by atoms with E-state index in [-0.39, 0.29) is 24.2 Å². The van der Waals surface area contributed by atoms with Crippen molar-refractivity contribution in [2.45, 2.75) is 18.0 Å². The molecule has 0 saturated heterocycles. The normalized spacial score (nSPS) is 13.3. The number of fused-ring (bicyclic) bond motifs is 1. The third-order valence-corrected chi connectivity index (χ3v) is 5.47. The van der Waals surface area contributed by atoms with Crippen molar-refractivity contribution in [2.24, 2.45) is 0 Å². The molecule has 1 aliphatic rings. The first-order valence-electron chi connectivity index (χ1n) is 8.72. The molecule has 0 unspecified atom stereocenters. The summed E-state index contributed by atoms with van der Waals surface area (Å²) in [7, 11) is 0. The molecular formula is C21H17FN2O3S. The standard InChI is InChI=1S/C21H17FN2O3S/c22-16-6-3-14(4-7-16)12-24-18-10-15(5-8-19(18)28-13-20(24)25)21(26)23-11-17-2-1-9-27-17/h1-10H,11-13H2,(H,23,26). The highest BCUT2D eigenvalue weighted by molar-refractivity contribution is 8.00. The van der Waals surface area contributed by atoms with Crippen LogP contribution in [-0.2, 0) is 17.9 Å². The van der Waals surface area contributed by atoms with E-state index in [4.69, 9.17) is 4.42 Å². The van der Waals surface area contributed by atoms with Gasteiger partial charge in [-0.05, 0) is 48.0 Å². The molecule has 0 spiro atoms. The van der Waals surface area contributed by atoms with Gasteiger partial charge in [-0.3, -0.25) is 9.59 Å². The van der Waals surface area contributed by atoms with Gasteiger partial charge < -0.3 is 14.6 Å². The van der Waals surface area contributed by atoms with Crippen LogP contribution >= 0.6 is 11.8 Å². The molecule has 2 aromatic carbocycles. The third-order valence-electron chi connectivity index (χ3n) is 4.42. The quantitative estimate of drug-likeness (QED) is 0.708. The Kier molecular flexibility index (Phi) is 5.16. The van der Waals surface area contributed by atoms with Crippen molar-refractivity contribution >= 4 is 29.3 Å². The van der Waals surface area contributed by atoms with Crippen molar-refractivity contribution < 1.29 is 18.4 Å². The van der Waals surface area contributed by atoms with Crippen LogP contribution in [0.5, 0.6) is 0 Å². The van der Waals surface area contributed by atoms with Gasteiger partial charge in [-0.2, -0.15) is 0 Å². The van der Waals surface area contributed by atoms with Crippen LogP contribution in [0.1, 0.15) is 21.7 Å². The van der Waals surface area contributed by atoms with Gasteiger partial charge in [0.1, 0.15) is 11.6 Å². The second-order valence-electron chi connectivity index (χ2n) is 6.34. The summed E-state index contributed by atoms with van der Waals surface area (Å²) in [5.41, 5.74) is 1.97. The monoisotopic (exact) mass is 396 g/mol. The van der Waals surface area contributed by atoms with Gasteiger partial charge in [0, 0.05) is 10.5 Å². The second kappa shape index (κ2) is 7.90. The highest BCUT2D eigenvalue weighted by Gasteiger charge is 2.26. The summed E-state index contributed by atoms with van der Waals surface area (Å²) in [4.78, 5) is 27.6. The van der Waals surface area contributed by atoms with Gasteiger partial charge in [-0.25, -0.2) is 4.39 Å². The number of nitrogens with one attached hydrogen (secondary N) is 1. The zero-order chi connectivity index (χ0) is 19.5. The minimum atomic E-state index is -0.319. The van der Waals surface area contributed by atoms with E-state index >= 15 is 0 Å². The molecule has 2 amide bonds. The fourth-order valence-electron chi connectivity index (χ4n) is 2.97. The molecule has 5 nitrogen and oxygen atoms in total. The Hall–Kier alpha value is -3.06.